The van der Waals surface area contributed by atoms with E-state index in [1.54, 1.807) is 7.11 Å². The van der Waals surface area contributed by atoms with Gasteiger partial charge in [-0.05, 0) is 62.9 Å². The van der Waals surface area contributed by atoms with E-state index in [4.69, 9.17) is 4.74 Å². The second-order valence-electron chi connectivity index (χ2n) is 7.32. The normalized spacial score (nSPS) is 24.0. The fourth-order valence-electron chi connectivity index (χ4n) is 4.56. The fraction of sp³-hybridized carbons (Fsp3) is 0.550. The fourth-order valence-corrected chi connectivity index (χ4v) is 4.56. The molecule has 0 radical (unpaired) electrons. The van der Waals surface area contributed by atoms with E-state index in [-0.39, 0.29) is 5.91 Å². The van der Waals surface area contributed by atoms with Crippen molar-refractivity contribution in [3.8, 4) is 5.75 Å². The summed E-state index contributed by atoms with van der Waals surface area (Å²) in [4.78, 5) is 18.5. The van der Waals surface area contributed by atoms with Gasteiger partial charge in [0.15, 0.2) is 0 Å². The van der Waals surface area contributed by atoms with Crippen LogP contribution in [0.3, 0.4) is 0 Å². The van der Waals surface area contributed by atoms with Crippen molar-refractivity contribution in [1.82, 2.24) is 15.2 Å². The van der Waals surface area contributed by atoms with E-state index >= 15 is 0 Å². The molecule has 2 fully saturated rings. The van der Waals surface area contributed by atoms with Crippen molar-refractivity contribution >= 4 is 16.8 Å². The maximum atomic E-state index is 12.6. The van der Waals surface area contributed by atoms with Gasteiger partial charge in [-0.15, -0.1) is 0 Å². The molecule has 1 aromatic heterocycles. The van der Waals surface area contributed by atoms with Crippen LogP contribution in [0.5, 0.6) is 5.75 Å². The van der Waals surface area contributed by atoms with E-state index in [1.165, 1.54) is 45.2 Å². The number of amides is 1. The Bertz CT molecular complexity index is 752. The van der Waals surface area contributed by atoms with E-state index < -0.39 is 0 Å². The summed E-state index contributed by atoms with van der Waals surface area (Å²) in [6.07, 6.45) is 6.41. The Kier molecular flexibility index (Phi) is 4.66. The van der Waals surface area contributed by atoms with Crippen LogP contribution < -0.4 is 10.1 Å². The number of methoxy groups -OCH3 is 1. The van der Waals surface area contributed by atoms with Crippen molar-refractivity contribution in [2.45, 2.75) is 38.1 Å². The smallest absolute Gasteiger partial charge is 0.267 e. The number of nitrogens with one attached hydrogen (secondary N) is 2. The molecule has 2 aromatic rings. The highest BCUT2D eigenvalue weighted by Gasteiger charge is 2.33. The van der Waals surface area contributed by atoms with Crippen LogP contribution in [0.2, 0.25) is 0 Å². The van der Waals surface area contributed by atoms with E-state index in [9.17, 15) is 4.79 Å². The maximum absolute atomic E-state index is 12.6. The summed E-state index contributed by atoms with van der Waals surface area (Å²) in [7, 11) is 1.65. The Morgan fingerprint density at radius 3 is 3.04 bits per heavy atom. The first-order valence-electron chi connectivity index (χ1n) is 9.44. The van der Waals surface area contributed by atoms with Crippen LogP contribution in [0.1, 0.15) is 42.6 Å². The molecule has 2 N–H and O–H groups in total. The number of aromatic amines is 1. The minimum atomic E-state index is -0.0221. The molecule has 4 rings (SSSR count). The lowest BCUT2D eigenvalue weighted by molar-refractivity contribution is 0.0575. The van der Waals surface area contributed by atoms with Crippen LogP contribution in [0.15, 0.2) is 24.3 Å². The summed E-state index contributed by atoms with van der Waals surface area (Å²) < 4.78 is 5.38. The number of hydrogen-bond acceptors (Lipinski definition) is 3. The van der Waals surface area contributed by atoms with Crippen LogP contribution in [0, 0.1) is 5.92 Å². The number of H-pyrrole nitrogens is 1. The molecule has 25 heavy (non-hydrogen) atoms. The number of ether oxygens (including phenoxy) is 1. The predicted molar refractivity (Wildman–Crippen MR) is 99.1 cm³/mol. The molecular formula is C20H27N3O2. The molecule has 134 valence electrons. The summed E-state index contributed by atoms with van der Waals surface area (Å²) in [5.41, 5.74) is 1.54. The Hall–Kier alpha value is -2.01. The zero-order valence-electron chi connectivity index (χ0n) is 14.9. The monoisotopic (exact) mass is 341 g/mol. The highest BCUT2D eigenvalue weighted by atomic mass is 16.5. The van der Waals surface area contributed by atoms with Crippen LogP contribution in [-0.2, 0) is 0 Å². The zero-order chi connectivity index (χ0) is 17.2. The molecule has 0 aliphatic carbocycles. The van der Waals surface area contributed by atoms with Crippen LogP contribution in [-0.4, -0.2) is 48.6 Å². The average molecular weight is 341 g/mol. The first-order valence-corrected chi connectivity index (χ1v) is 9.44. The minimum absolute atomic E-state index is 0.0221. The lowest BCUT2D eigenvalue weighted by Gasteiger charge is -2.44. The number of aromatic nitrogens is 1. The summed E-state index contributed by atoms with van der Waals surface area (Å²) >= 11 is 0. The Balaban J connectivity index is 1.43. The molecule has 1 amide bonds. The largest absolute Gasteiger partial charge is 0.496 e. The second-order valence-corrected chi connectivity index (χ2v) is 7.32. The van der Waals surface area contributed by atoms with Crippen LogP contribution in [0.25, 0.3) is 10.9 Å². The lowest BCUT2D eigenvalue weighted by atomic mass is 9.83. The van der Waals surface area contributed by atoms with Crippen LogP contribution >= 0.6 is 0 Å². The highest BCUT2D eigenvalue weighted by molar-refractivity contribution is 5.99. The lowest BCUT2D eigenvalue weighted by Crippen LogP contribution is -2.51. The number of nitrogens with zero attached hydrogens (tertiary/aromatic N) is 1. The Morgan fingerprint density at radius 1 is 1.28 bits per heavy atom. The van der Waals surface area contributed by atoms with Crippen molar-refractivity contribution in [3.05, 3.63) is 30.0 Å². The molecule has 0 bridgehead atoms. The first-order chi connectivity index (χ1) is 12.3. The van der Waals surface area contributed by atoms with Crippen molar-refractivity contribution in [2.75, 3.05) is 26.7 Å². The summed E-state index contributed by atoms with van der Waals surface area (Å²) in [6, 6.07) is 8.36. The van der Waals surface area contributed by atoms with Crippen molar-refractivity contribution in [3.63, 3.8) is 0 Å². The van der Waals surface area contributed by atoms with Gasteiger partial charge < -0.3 is 19.9 Å². The molecule has 0 unspecified atom stereocenters. The molecule has 5 nitrogen and oxygen atoms in total. The van der Waals surface area contributed by atoms with Crippen LogP contribution in [0.4, 0.5) is 0 Å². The van der Waals surface area contributed by atoms with Gasteiger partial charge in [0.1, 0.15) is 11.4 Å². The molecule has 0 saturated carbocycles. The molecule has 2 aliphatic heterocycles. The number of hydrogen-bond donors (Lipinski definition) is 2. The quantitative estimate of drug-likeness (QED) is 0.898. The van der Waals surface area contributed by atoms with Gasteiger partial charge in [0.25, 0.3) is 5.91 Å². The van der Waals surface area contributed by atoms with Crippen molar-refractivity contribution < 1.29 is 9.53 Å². The second kappa shape index (κ2) is 7.08. The van der Waals surface area contributed by atoms with Crippen molar-refractivity contribution in [1.29, 1.82) is 0 Å². The number of carbonyl (C=O) groups excluding carboxylic acids is 1. The van der Waals surface area contributed by atoms with Gasteiger partial charge in [0, 0.05) is 23.5 Å². The number of benzene rings is 1. The highest BCUT2D eigenvalue weighted by Crippen LogP contribution is 2.30. The van der Waals surface area contributed by atoms with E-state index in [0.29, 0.717) is 17.7 Å². The predicted octanol–water partition coefficient (Wildman–Crippen LogP) is 3.17. The Labute approximate surface area is 148 Å². The molecule has 5 heteroatoms. The molecule has 1 aromatic carbocycles. The summed E-state index contributed by atoms with van der Waals surface area (Å²) in [5.74, 6) is 1.35. The molecule has 2 atom stereocenters. The number of rotatable bonds is 4. The first kappa shape index (κ1) is 16.5. The summed E-state index contributed by atoms with van der Waals surface area (Å²) in [6.45, 7) is 3.24. The molecule has 3 heterocycles. The average Bonchev–Trinajstić information content (AvgIpc) is 3.10. The van der Waals surface area contributed by atoms with Gasteiger partial charge in [0.05, 0.1) is 7.11 Å². The van der Waals surface area contributed by atoms with Crippen molar-refractivity contribution in [2.24, 2.45) is 5.92 Å². The molecule has 2 saturated heterocycles. The number of carbonyl (C=O) groups is 1. The van der Waals surface area contributed by atoms with E-state index in [1.807, 2.05) is 24.3 Å². The zero-order valence-corrected chi connectivity index (χ0v) is 14.9. The molecule has 2 aliphatic rings. The third-order valence-corrected chi connectivity index (χ3v) is 5.84. The van der Waals surface area contributed by atoms with Gasteiger partial charge in [0.2, 0.25) is 0 Å². The summed E-state index contributed by atoms with van der Waals surface area (Å²) in [5, 5.41) is 4.11. The third-order valence-electron chi connectivity index (χ3n) is 5.84. The maximum Gasteiger partial charge on any atom is 0.267 e. The minimum Gasteiger partial charge on any atom is -0.496 e. The Morgan fingerprint density at radius 2 is 2.16 bits per heavy atom. The van der Waals surface area contributed by atoms with E-state index in [2.05, 4.69) is 15.2 Å². The topological polar surface area (TPSA) is 57.4 Å². The van der Waals surface area contributed by atoms with Gasteiger partial charge >= 0.3 is 0 Å². The molecule has 0 spiro atoms. The number of piperidine rings is 2. The van der Waals surface area contributed by atoms with Gasteiger partial charge in [-0.3, -0.25) is 4.79 Å². The SMILES string of the molecule is COc1cccc2[nH]c(C(=O)NC[C@H]3CCCN4CCCC[C@H]34)cc12. The number of fused-ring (bicyclic) bond motifs is 2. The van der Waals surface area contributed by atoms with E-state index in [0.717, 1.165) is 23.2 Å². The molecular weight excluding hydrogens is 314 g/mol. The van der Waals surface area contributed by atoms with Gasteiger partial charge in [-0.25, -0.2) is 0 Å². The van der Waals surface area contributed by atoms with Gasteiger partial charge in [-0.2, -0.15) is 0 Å². The third kappa shape index (κ3) is 3.25. The van der Waals surface area contributed by atoms with Gasteiger partial charge in [-0.1, -0.05) is 12.5 Å². The standard InChI is InChI=1S/C20H27N3O2/c1-25-19-9-4-7-16-15(19)12-17(22-16)20(24)21-13-14-6-5-11-23-10-3-2-8-18(14)23/h4,7,9,12,14,18,22H,2-3,5-6,8,10-11,13H2,1H3,(H,21,24)/t14-,18-/m1/s1.